The number of methoxy groups -OCH3 is 2. The van der Waals surface area contributed by atoms with E-state index < -0.39 is 25.9 Å². The minimum Gasteiger partial charge on any atom is -0.497 e. The maximum atomic E-state index is 12.6. The molecule has 7 nitrogen and oxygen atoms in total. The normalized spacial score (nSPS) is 13.2. The smallest absolute Gasteiger partial charge is 0.241 e. The van der Waals surface area contributed by atoms with Gasteiger partial charge in [-0.1, -0.05) is 0 Å². The van der Waals surface area contributed by atoms with Crippen LogP contribution in [-0.4, -0.2) is 37.3 Å². The first-order valence-electron chi connectivity index (χ1n) is 7.63. The Morgan fingerprint density at radius 2 is 1.46 bits per heavy atom. The van der Waals surface area contributed by atoms with Gasteiger partial charge in [-0.15, -0.1) is 0 Å². The van der Waals surface area contributed by atoms with E-state index in [1.807, 2.05) is 0 Å². The maximum absolute atomic E-state index is 12.6. The van der Waals surface area contributed by atoms with Gasteiger partial charge in [-0.25, -0.2) is 21.6 Å². The highest BCUT2D eigenvalue weighted by atomic mass is 32.2. The Bertz CT molecular complexity index is 982. The summed E-state index contributed by atoms with van der Waals surface area (Å²) in [5, 5.41) is 0. The third-order valence-corrected chi connectivity index (χ3v) is 6.48. The van der Waals surface area contributed by atoms with Crippen LogP contribution in [0.2, 0.25) is 0 Å². The topological polar surface area (TPSA) is 98.8 Å². The molecular weight excluding hydrogens is 378 g/mol. The SMILES string of the molecule is COc1ccc(OC)c([C@H](C)NS(=O)(=O)c2ccc(S(C)(=O)=O)cc2)c1. The fraction of sp³-hybridized carbons (Fsp3) is 0.294. The van der Waals surface area contributed by atoms with Crippen molar-refractivity contribution in [2.24, 2.45) is 0 Å². The highest BCUT2D eigenvalue weighted by Gasteiger charge is 2.21. The molecule has 0 amide bonds. The Morgan fingerprint density at radius 3 is 1.96 bits per heavy atom. The number of hydrogen-bond acceptors (Lipinski definition) is 6. The largest absolute Gasteiger partial charge is 0.497 e. The lowest BCUT2D eigenvalue weighted by atomic mass is 10.1. The van der Waals surface area contributed by atoms with Crippen molar-refractivity contribution < 1.29 is 26.3 Å². The molecule has 142 valence electrons. The molecule has 26 heavy (non-hydrogen) atoms. The first-order valence-corrected chi connectivity index (χ1v) is 11.0. The Morgan fingerprint density at radius 1 is 0.885 bits per heavy atom. The molecule has 0 aliphatic heterocycles. The van der Waals surface area contributed by atoms with Gasteiger partial charge in [0.05, 0.1) is 24.0 Å². The molecule has 0 radical (unpaired) electrons. The fourth-order valence-electron chi connectivity index (χ4n) is 2.41. The highest BCUT2D eigenvalue weighted by molar-refractivity contribution is 7.90. The molecular formula is C17H21NO6S2. The van der Waals surface area contributed by atoms with Crippen LogP contribution >= 0.6 is 0 Å². The van der Waals surface area contributed by atoms with E-state index in [0.717, 1.165) is 6.26 Å². The van der Waals surface area contributed by atoms with Crippen LogP contribution in [0.25, 0.3) is 0 Å². The third kappa shape index (κ3) is 4.54. The van der Waals surface area contributed by atoms with Crippen LogP contribution < -0.4 is 14.2 Å². The van der Waals surface area contributed by atoms with Gasteiger partial charge in [0.2, 0.25) is 10.0 Å². The van der Waals surface area contributed by atoms with E-state index in [1.54, 1.807) is 25.1 Å². The zero-order chi connectivity index (χ0) is 19.5. The van der Waals surface area contributed by atoms with E-state index in [2.05, 4.69) is 4.72 Å². The number of hydrogen-bond donors (Lipinski definition) is 1. The average Bonchev–Trinajstić information content (AvgIpc) is 2.60. The number of rotatable bonds is 7. The Labute approximate surface area is 153 Å². The molecule has 0 unspecified atom stereocenters. The molecule has 0 saturated carbocycles. The Kier molecular flexibility index (Phi) is 5.94. The quantitative estimate of drug-likeness (QED) is 0.766. The number of nitrogens with one attached hydrogen (secondary N) is 1. The zero-order valence-corrected chi connectivity index (χ0v) is 16.5. The van der Waals surface area contributed by atoms with Crippen LogP contribution in [0.3, 0.4) is 0 Å². The van der Waals surface area contributed by atoms with Crippen LogP contribution in [0, 0.1) is 0 Å². The number of sulfonamides is 1. The minimum atomic E-state index is -3.86. The van der Waals surface area contributed by atoms with Gasteiger partial charge in [0.25, 0.3) is 0 Å². The summed E-state index contributed by atoms with van der Waals surface area (Å²) in [6.45, 7) is 1.68. The average molecular weight is 399 g/mol. The van der Waals surface area contributed by atoms with Crippen molar-refractivity contribution in [3.63, 3.8) is 0 Å². The minimum absolute atomic E-state index is 0.0291. The van der Waals surface area contributed by atoms with Gasteiger partial charge in [-0.2, -0.15) is 0 Å². The summed E-state index contributed by atoms with van der Waals surface area (Å²) in [4.78, 5) is 0.0255. The lowest BCUT2D eigenvalue weighted by Crippen LogP contribution is -2.27. The van der Waals surface area contributed by atoms with Crippen molar-refractivity contribution in [2.45, 2.75) is 22.8 Å². The summed E-state index contributed by atoms with van der Waals surface area (Å²) < 4.78 is 61.2. The van der Waals surface area contributed by atoms with E-state index in [4.69, 9.17) is 9.47 Å². The Hall–Kier alpha value is -2.10. The first kappa shape index (κ1) is 20.2. The van der Waals surface area contributed by atoms with E-state index in [-0.39, 0.29) is 9.79 Å². The first-order chi connectivity index (χ1) is 12.1. The molecule has 2 aromatic carbocycles. The third-order valence-electron chi connectivity index (χ3n) is 3.80. The second kappa shape index (κ2) is 7.65. The maximum Gasteiger partial charge on any atom is 0.241 e. The van der Waals surface area contributed by atoms with Crippen LogP contribution in [0.4, 0.5) is 0 Å². The summed E-state index contributed by atoms with van der Waals surface area (Å²) in [6, 6.07) is 9.55. The summed E-state index contributed by atoms with van der Waals surface area (Å²) in [5.41, 5.74) is 0.614. The molecule has 0 saturated heterocycles. The van der Waals surface area contributed by atoms with E-state index in [9.17, 15) is 16.8 Å². The fourth-order valence-corrected chi connectivity index (χ4v) is 4.26. The van der Waals surface area contributed by atoms with Gasteiger partial charge in [-0.3, -0.25) is 0 Å². The monoisotopic (exact) mass is 399 g/mol. The van der Waals surface area contributed by atoms with Crippen molar-refractivity contribution in [1.29, 1.82) is 0 Å². The molecule has 1 N–H and O–H groups in total. The second-order valence-electron chi connectivity index (χ2n) is 5.69. The molecule has 0 bridgehead atoms. The van der Waals surface area contributed by atoms with E-state index in [0.29, 0.717) is 17.1 Å². The molecule has 9 heteroatoms. The molecule has 2 aromatic rings. The summed E-state index contributed by atoms with van der Waals surface area (Å²) >= 11 is 0. The number of sulfone groups is 1. The van der Waals surface area contributed by atoms with E-state index >= 15 is 0 Å². The number of ether oxygens (including phenoxy) is 2. The highest BCUT2D eigenvalue weighted by Crippen LogP contribution is 2.30. The Balaban J connectivity index is 2.32. The lowest BCUT2D eigenvalue weighted by molar-refractivity contribution is 0.395. The molecule has 0 fully saturated rings. The van der Waals surface area contributed by atoms with Gasteiger partial charge < -0.3 is 9.47 Å². The van der Waals surface area contributed by atoms with Gasteiger partial charge >= 0.3 is 0 Å². The second-order valence-corrected chi connectivity index (χ2v) is 9.42. The van der Waals surface area contributed by atoms with Gasteiger partial charge in [-0.05, 0) is 49.4 Å². The molecule has 0 heterocycles. The molecule has 0 spiro atoms. The van der Waals surface area contributed by atoms with Gasteiger partial charge in [0, 0.05) is 17.9 Å². The lowest BCUT2D eigenvalue weighted by Gasteiger charge is -2.18. The standard InChI is InChI=1S/C17H21NO6S2/c1-12(16-11-13(23-2)5-10-17(16)24-3)18-26(21,22)15-8-6-14(7-9-15)25(4,19)20/h5-12,18H,1-4H3/t12-/m0/s1. The van der Waals surface area contributed by atoms with Crippen LogP contribution in [0.15, 0.2) is 52.3 Å². The van der Waals surface area contributed by atoms with Crippen LogP contribution in [0.5, 0.6) is 11.5 Å². The predicted octanol–water partition coefficient (Wildman–Crippen LogP) is 2.15. The summed E-state index contributed by atoms with van der Waals surface area (Å²) in [7, 11) is -4.24. The summed E-state index contributed by atoms with van der Waals surface area (Å²) in [5.74, 6) is 1.10. The predicted molar refractivity (Wildman–Crippen MR) is 97.8 cm³/mol. The van der Waals surface area contributed by atoms with Crippen molar-refractivity contribution >= 4 is 19.9 Å². The zero-order valence-electron chi connectivity index (χ0n) is 14.9. The van der Waals surface area contributed by atoms with Crippen molar-refractivity contribution in [1.82, 2.24) is 4.72 Å². The van der Waals surface area contributed by atoms with Gasteiger partial charge in [0.15, 0.2) is 9.84 Å². The molecule has 0 aliphatic carbocycles. The van der Waals surface area contributed by atoms with Crippen molar-refractivity contribution in [3.05, 3.63) is 48.0 Å². The number of benzene rings is 2. The molecule has 0 aliphatic rings. The van der Waals surface area contributed by atoms with Crippen molar-refractivity contribution in [2.75, 3.05) is 20.5 Å². The van der Waals surface area contributed by atoms with Crippen LogP contribution in [-0.2, 0) is 19.9 Å². The van der Waals surface area contributed by atoms with E-state index in [1.165, 1.54) is 38.5 Å². The molecule has 2 rings (SSSR count). The summed E-state index contributed by atoms with van der Waals surface area (Å²) in [6.07, 6.45) is 1.06. The van der Waals surface area contributed by atoms with Crippen molar-refractivity contribution in [3.8, 4) is 11.5 Å². The molecule has 1 atom stereocenters. The molecule has 0 aromatic heterocycles. The van der Waals surface area contributed by atoms with Crippen LogP contribution in [0.1, 0.15) is 18.5 Å². The van der Waals surface area contributed by atoms with Gasteiger partial charge in [0.1, 0.15) is 11.5 Å².